The number of piperazine rings is 1. The first kappa shape index (κ1) is 28.9. The average molecular weight is 571 g/mol. The van der Waals surface area contributed by atoms with Crippen molar-refractivity contribution >= 4 is 24.0 Å². The van der Waals surface area contributed by atoms with Crippen molar-refractivity contribution in [1.29, 1.82) is 0 Å². The van der Waals surface area contributed by atoms with Crippen molar-refractivity contribution in [3.63, 3.8) is 0 Å². The van der Waals surface area contributed by atoms with Gasteiger partial charge in [0, 0.05) is 40.7 Å². The molecule has 0 saturated carbocycles. The number of benzene rings is 3. The fourth-order valence-electron chi connectivity index (χ4n) is 5.64. The minimum atomic E-state index is -0.736. The Hall–Kier alpha value is -4.57. The van der Waals surface area contributed by atoms with E-state index in [2.05, 4.69) is 10.2 Å². The summed E-state index contributed by atoms with van der Waals surface area (Å²) in [6.07, 6.45) is 0.514. The quantitative estimate of drug-likeness (QED) is 0.315. The lowest BCUT2D eigenvalue weighted by molar-refractivity contribution is -0.165. The number of carbonyl (C=O) groups is 3. The number of nitrogens with one attached hydrogen (secondary N) is 1. The third kappa shape index (κ3) is 6.18. The van der Waals surface area contributed by atoms with Gasteiger partial charge in [-0.25, -0.2) is 4.79 Å². The largest absolute Gasteiger partial charge is 0.490 e. The van der Waals surface area contributed by atoms with Crippen LogP contribution in [0, 0.1) is 0 Å². The van der Waals surface area contributed by atoms with E-state index in [1.807, 2.05) is 85.9 Å². The van der Waals surface area contributed by atoms with E-state index < -0.39 is 12.2 Å². The lowest BCUT2D eigenvalue weighted by Gasteiger charge is -2.49. The first-order chi connectivity index (χ1) is 20.4. The molecule has 220 valence electrons. The molecular weight excluding hydrogens is 532 g/mol. The summed E-state index contributed by atoms with van der Waals surface area (Å²) in [6, 6.07) is 24.2. The average Bonchev–Trinajstić information content (AvgIpc) is 3.02. The van der Waals surface area contributed by atoms with E-state index in [0.29, 0.717) is 26.1 Å². The molecule has 5 rings (SSSR count). The number of hydrazine groups is 1. The van der Waals surface area contributed by atoms with Gasteiger partial charge in [-0.2, -0.15) is 5.01 Å². The molecule has 1 saturated heterocycles. The Kier molecular flexibility index (Phi) is 8.92. The summed E-state index contributed by atoms with van der Waals surface area (Å²) in [5.41, 5.74) is 3.87. The zero-order valence-electron chi connectivity index (χ0n) is 24.3. The summed E-state index contributed by atoms with van der Waals surface area (Å²) >= 11 is 0. The molecule has 10 heteroatoms. The second-order valence-electron chi connectivity index (χ2n) is 10.7. The summed E-state index contributed by atoms with van der Waals surface area (Å²) < 4.78 is 5.90. The molecule has 0 aliphatic carbocycles. The fraction of sp³-hybridized carbons (Fsp3) is 0.344. The van der Waals surface area contributed by atoms with Crippen LogP contribution in [0.15, 0.2) is 78.9 Å². The summed E-state index contributed by atoms with van der Waals surface area (Å²) in [4.78, 5) is 45.3. The third-order valence-electron chi connectivity index (χ3n) is 8.07. The van der Waals surface area contributed by atoms with Crippen molar-refractivity contribution in [2.24, 2.45) is 0 Å². The number of hydrogen-bond acceptors (Lipinski definition) is 6. The molecule has 2 heterocycles. The number of urea groups is 1. The highest BCUT2D eigenvalue weighted by Gasteiger charge is 2.43. The van der Waals surface area contributed by atoms with Gasteiger partial charge in [-0.1, -0.05) is 72.8 Å². The predicted molar refractivity (Wildman–Crippen MR) is 160 cm³/mol. The Bertz CT molecular complexity index is 1390. The van der Waals surface area contributed by atoms with E-state index in [1.54, 1.807) is 28.9 Å². The molecule has 3 aromatic rings. The lowest BCUT2D eigenvalue weighted by atomic mass is 9.99. The van der Waals surface area contributed by atoms with Gasteiger partial charge in [0.1, 0.15) is 24.6 Å². The van der Waals surface area contributed by atoms with Gasteiger partial charge < -0.3 is 24.8 Å². The summed E-state index contributed by atoms with van der Waals surface area (Å²) in [6.45, 7) is 2.30. The summed E-state index contributed by atoms with van der Waals surface area (Å²) in [5.74, 6) is 0.660. The van der Waals surface area contributed by atoms with Gasteiger partial charge in [-0.3, -0.25) is 14.6 Å². The minimum Gasteiger partial charge on any atom is -0.490 e. The van der Waals surface area contributed by atoms with Gasteiger partial charge in [0.25, 0.3) is 0 Å². The van der Waals surface area contributed by atoms with Gasteiger partial charge in [0.05, 0.1) is 18.8 Å². The highest BCUT2D eigenvalue weighted by molar-refractivity contribution is 5.86. The van der Waals surface area contributed by atoms with Crippen molar-refractivity contribution in [2.45, 2.75) is 31.7 Å². The molecule has 42 heavy (non-hydrogen) atoms. The van der Waals surface area contributed by atoms with Crippen molar-refractivity contribution in [3.8, 4) is 5.75 Å². The minimum absolute atomic E-state index is 0.135. The maximum absolute atomic E-state index is 14.1. The first-order valence-corrected chi connectivity index (χ1v) is 14.2. The Balaban J connectivity index is 1.41. The van der Waals surface area contributed by atoms with Crippen LogP contribution in [0.25, 0.3) is 0 Å². The van der Waals surface area contributed by atoms with Gasteiger partial charge in [-0.15, -0.1) is 0 Å². The van der Waals surface area contributed by atoms with E-state index in [-0.39, 0.29) is 18.5 Å². The van der Waals surface area contributed by atoms with Crippen LogP contribution in [-0.4, -0.2) is 91.2 Å². The van der Waals surface area contributed by atoms with E-state index in [9.17, 15) is 14.4 Å². The Morgan fingerprint density at radius 1 is 1.00 bits per heavy atom. The smallest absolute Gasteiger partial charge is 0.331 e. The van der Waals surface area contributed by atoms with E-state index in [4.69, 9.17) is 4.74 Å². The molecule has 2 aliphatic rings. The molecular formula is C32H38N6O4. The second-order valence-corrected chi connectivity index (χ2v) is 10.7. The number of likely N-dealkylation sites (N-methyl/N-ethyl adjacent to an activating group) is 2. The van der Waals surface area contributed by atoms with Crippen molar-refractivity contribution in [2.75, 3.05) is 45.7 Å². The molecule has 0 radical (unpaired) electrons. The third-order valence-corrected chi connectivity index (χ3v) is 8.07. The fourth-order valence-corrected chi connectivity index (χ4v) is 5.64. The monoisotopic (exact) mass is 570 g/mol. The second kappa shape index (κ2) is 12.9. The van der Waals surface area contributed by atoms with E-state index in [0.717, 1.165) is 41.1 Å². The molecule has 0 unspecified atom stereocenters. The number of para-hydroxylation sites is 1. The molecule has 0 aromatic heterocycles. The SMILES string of the molecule is CN1CCOc2cccc(CN3C[C@H](N(C)N(C)C(=O)NCc4ccccc4)N(C=O)[C@@H](Cc4ccccc4)C3=O)c21. The molecule has 1 N–H and O–H groups in total. The van der Waals surface area contributed by atoms with Crippen molar-refractivity contribution < 1.29 is 19.1 Å². The van der Waals surface area contributed by atoms with E-state index in [1.165, 1.54) is 5.01 Å². The summed E-state index contributed by atoms with van der Waals surface area (Å²) in [5, 5.41) is 6.13. The van der Waals surface area contributed by atoms with Crippen molar-refractivity contribution in [1.82, 2.24) is 25.1 Å². The molecule has 0 bridgehead atoms. The van der Waals surface area contributed by atoms with Crippen LogP contribution in [0.5, 0.6) is 5.75 Å². The molecule has 2 aliphatic heterocycles. The zero-order chi connectivity index (χ0) is 29.6. The van der Waals surface area contributed by atoms with Crippen LogP contribution in [0.2, 0.25) is 0 Å². The molecule has 4 amide bonds. The van der Waals surface area contributed by atoms with Gasteiger partial charge >= 0.3 is 6.03 Å². The summed E-state index contributed by atoms with van der Waals surface area (Å²) in [7, 11) is 5.45. The standard InChI is InChI=1S/C32H38N6O4/c1-34-17-18-42-28-16-10-15-26(30(28)34)21-37-22-29(35(2)36(3)32(41)33-20-25-13-8-5-9-14-25)38(23-39)27(31(37)40)19-24-11-6-4-7-12-24/h4-16,23,27,29H,17-22H2,1-3H3,(H,33,41)/t27-,29+/m0/s1. The molecule has 2 atom stereocenters. The van der Waals surface area contributed by atoms with Crippen LogP contribution in [-0.2, 0) is 29.1 Å². The predicted octanol–water partition coefficient (Wildman–Crippen LogP) is 2.94. The number of rotatable bonds is 9. The van der Waals surface area contributed by atoms with Crippen LogP contribution >= 0.6 is 0 Å². The van der Waals surface area contributed by atoms with Gasteiger partial charge in [0.2, 0.25) is 12.3 Å². The highest BCUT2D eigenvalue weighted by atomic mass is 16.5. The normalized spacial score (nSPS) is 18.4. The van der Waals surface area contributed by atoms with Gasteiger partial charge in [-0.05, 0) is 22.8 Å². The maximum Gasteiger partial charge on any atom is 0.331 e. The van der Waals surface area contributed by atoms with Crippen LogP contribution < -0.4 is 15.0 Å². The maximum atomic E-state index is 14.1. The molecule has 1 fully saturated rings. The Labute approximate surface area is 247 Å². The molecule has 3 aromatic carbocycles. The Morgan fingerprint density at radius 3 is 2.38 bits per heavy atom. The number of anilines is 1. The number of carbonyl (C=O) groups excluding carboxylic acids is 3. The molecule has 0 spiro atoms. The zero-order valence-corrected chi connectivity index (χ0v) is 24.3. The van der Waals surface area contributed by atoms with Crippen LogP contribution in [0.4, 0.5) is 10.5 Å². The number of fused-ring (bicyclic) bond motifs is 1. The Morgan fingerprint density at radius 2 is 1.69 bits per heavy atom. The number of amides is 4. The number of ether oxygens (including phenoxy) is 1. The van der Waals surface area contributed by atoms with Crippen LogP contribution in [0.1, 0.15) is 16.7 Å². The highest BCUT2D eigenvalue weighted by Crippen LogP contribution is 2.35. The topological polar surface area (TPSA) is 88.7 Å². The number of hydrogen-bond donors (Lipinski definition) is 1. The van der Waals surface area contributed by atoms with E-state index >= 15 is 0 Å². The molecule has 10 nitrogen and oxygen atoms in total. The van der Waals surface area contributed by atoms with Crippen LogP contribution in [0.3, 0.4) is 0 Å². The lowest BCUT2D eigenvalue weighted by Crippen LogP contribution is -2.68. The first-order valence-electron chi connectivity index (χ1n) is 14.2. The van der Waals surface area contributed by atoms with Crippen molar-refractivity contribution in [3.05, 3.63) is 95.6 Å². The van der Waals surface area contributed by atoms with Gasteiger partial charge in [0.15, 0.2) is 0 Å². The number of nitrogens with zero attached hydrogens (tertiary/aromatic N) is 5.